The van der Waals surface area contributed by atoms with Crippen molar-refractivity contribution in [3.8, 4) is 0 Å². The maximum absolute atomic E-state index is 12.0. The van der Waals surface area contributed by atoms with Gasteiger partial charge in [-0.25, -0.2) is 5.43 Å². The summed E-state index contributed by atoms with van der Waals surface area (Å²) in [6.07, 6.45) is 3.70. The monoisotopic (exact) mass is 344 g/mol. The van der Waals surface area contributed by atoms with Crippen molar-refractivity contribution in [2.24, 2.45) is 5.10 Å². The number of hydrogen-bond donors (Lipinski definition) is 1. The van der Waals surface area contributed by atoms with E-state index in [-0.39, 0.29) is 11.2 Å². The minimum absolute atomic E-state index is 0.0806. The highest BCUT2D eigenvalue weighted by Crippen LogP contribution is 2.17. The fraction of sp³-hybridized carbons (Fsp3) is 0.222. The second kappa shape index (κ2) is 9.43. The zero-order valence-corrected chi connectivity index (χ0v) is 14.9. The van der Waals surface area contributed by atoms with Crippen molar-refractivity contribution in [1.82, 2.24) is 5.43 Å². The average Bonchev–Trinajstić information content (AvgIpc) is 2.61. The molecule has 0 bridgehead atoms. The fourth-order valence-electron chi connectivity index (χ4n) is 1.82. The van der Waals surface area contributed by atoms with E-state index in [0.29, 0.717) is 0 Å². The summed E-state index contributed by atoms with van der Waals surface area (Å²) in [5.41, 5.74) is 4.78. The first kappa shape index (κ1) is 17.6. The molecule has 1 N–H and O–H groups in total. The van der Waals surface area contributed by atoms with Crippen molar-refractivity contribution >= 4 is 35.6 Å². The predicted molar refractivity (Wildman–Crippen MR) is 101 cm³/mol. The van der Waals surface area contributed by atoms with Gasteiger partial charge in [0.05, 0.1) is 11.5 Å². The van der Waals surface area contributed by atoms with Gasteiger partial charge in [0, 0.05) is 10.6 Å². The molecule has 0 aliphatic heterocycles. The summed E-state index contributed by atoms with van der Waals surface area (Å²) >= 11 is 3.30. The molecular formula is C18H20N2OS2. The molecule has 0 aliphatic rings. The smallest absolute Gasteiger partial charge is 0.252 e. The number of carbonyl (C=O) groups excluding carboxylic acids is 1. The molecular weight excluding hydrogens is 324 g/mol. The molecule has 0 radical (unpaired) electrons. The van der Waals surface area contributed by atoms with Crippen LogP contribution in [0.25, 0.3) is 0 Å². The van der Waals surface area contributed by atoms with Crippen LogP contribution in [0.1, 0.15) is 18.1 Å². The number of rotatable bonds is 7. The van der Waals surface area contributed by atoms with E-state index in [9.17, 15) is 4.79 Å². The number of thioether (sulfide) groups is 2. The summed E-state index contributed by atoms with van der Waals surface area (Å²) in [5.74, 6) is 0.734. The number of amides is 1. The van der Waals surface area contributed by atoms with Gasteiger partial charge < -0.3 is 0 Å². The molecule has 0 heterocycles. The third-order valence-corrected chi connectivity index (χ3v) is 5.17. The van der Waals surface area contributed by atoms with Crippen LogP contribution in [0.2, 0.25) is 0 Å². The third-order valence-electron chi connectivity index (χ3n) is 3.22. The lowest BCUT2D eigenvalue weighted by molar-refractivity contribution is -0.120. The quantitative estimate of drug-likeness (QED) is 0.465. The zero-order valence-electron chi connectivity index (χ0n) is 13.2. The van der Waals surface area contributed by atoms with Crippen LogP contribution in [0.5, 0.6) is 0 Å². The lowest BCUT2D eigenvalue weighted by Gasteiger charge is -2.09. The van der Waals surface area contributed by atoms with E-state index in [0.717, 1.165) is 11.3 Å². The van der Waals surface area contributed by atoms with Crippen LogP contribution >= 0.6 is 23.5 Å². The van der Waals surface area contributed by atoms with E-state index in [4.69, 9.17) is 0 Å². The van der Waals surface area contributed by atoms with Gasteiger partial charge >= 0.3 is 0 Å². The Kier molecular flexibility index (Phi) is 7.23. The lowest BCUT2D eigenvalue weighted by Crippen LogP contribution is -2.26. The molecule has 0 aromatic heterocycles. The third kappa shape index (κ3) is 6.12. The fourth-order valence-corrected chi connectivity index (χ4v) is 3.07. The summed E-state index contributed by atoms with van der Waals surface area (Å²) in [6, 6.07) is 18.2. The van der Waals surface area contributed by atoms with Crippen LogP contribution in [-0.4, -0.2) is 23.6 Å². The first-order chi connectivity index (χ1) is 11.2. The molecule has 5 heteroatoms. The highest BCUT2D eigenvalue weighted by molar-refractivity contribution is 7.99. The van der Waals surface area contributed by atoms with Gasteiger partial charge in [0.2, 0.25) is 0 Å². The summed E-state index contributed by atoms with van der Waals surface area (Å²) in [4.78, 5) is 13.2. The van der Waals surface area contributed by atoms with E-state index >= 15 is 0 Å². The molecule has 2 aromatic rings. The number of hydrazone groups is 1. The highest BCUT2D eigenvalue weighted by Gasteiger charge is 2.12. The molecule has 1 unspecified atom stereocenters. The molecule has 0 spiro atoms. The average molecular weight is 345 g/mol. The van der Waals surface area contributed by atoms with Gasteiger partial charge in [-0.05, 0) is 36.4 Å². The molecule has 0 fully saturated rings. The Balaban J connectivity index is 1.77. The number of hydrogen-bond acceptors (Lipinski definition) is 4. The predicted octanol–water partition coefficient (Wildman–Crippen LogP) is 4.18. The highest BCUT2D eigenvalue weighted by atomic mass is 32.2. The van der Waals surface area contributed by atoms with E-state index < -0.39 is 0 Å². The van der Waals surface area contributed by atoms with Crippen molar-refractivity contribution < 1.29 is 4.79 Å². The Morgan fingerprint density at radius 1 is 1.17 bits per heavy atom. The van der Waals surface area contributed by atoms with Crippen molar-refractivity contribution in [2.75, 3.05) is 6.26 Å². The van der Waals surface area contributed by atoms with Crippen molar-refractivity contribution in [2.45, 2.75) is 22.8 Å². The maximum atomic E-state index is 12.0. The SMILES string of the molecule is CSc1ccc(/C=N/NC(=O)C(C)SCc2ccccc2)cc1. The number of nitrogens with zero attached hydrogens (tertiary/aromatic N) is 1. The van der Waals surface area contributed by atoms with Crippen LogP contribution in [0.4, 0.5) is 0 Å². The molecule has 2 aromatic carbocycles. The number of carbonyl (C=O) groups is 1. The second-order valence-electron chi connectivity index (χ2n) is 4.95. The van der Waals surface area contributed by atoms with Crippen molar-refractivity contribution in [3.63, 3.8) is 0 Å². The molecule has 0 saturated carbocycles. The van der Waals surface area contributed by atoms with E-state index in [1.165, 1.54) is 10.5 Å². The Morgan fingerprint density at radius 2 is 1.87 bits per heavy atom. The first-order valence-electron chi connectivity index (χ1n) is 7.31. The molecule has 2 rings (SSSR count). The van der Waals surface area contributed by atoms with Gasteiger partial charge in [0.1, 0.15) is 0 Å². The van der Waals surface area contributed by atoms with Gasteiger partial charge in [-0.3, -0.25) is 4.79 Å². The second-order valence-corrected chi connectivity index (χ2v) is 7.16. The van der Waals surface area contributed by atoms with Crippen LogP contribution < -0.4 is 5.43 Å². The van der Waals surface area contributed by atoms with Gasteiger partial charge in [-0.15, -0.1) is 23.5 Å². The Hall–Kier alpha value is -1.72. The molecule has 3 nitrogen and oxygen atoms in total. The molecule has 0 aliphatic carbocycles. The minimum Gasteiger partial charge on any atom is -0.272 e. The van der Waals surface area contributed by atoms with E-state index in [2.05, 4.69) is 22.7 Å². The molecule has 23 heavy (non-hydrogen) atoms. The minimum atomic E-state index is -0.147. The number of nitrogens with one attached hydrogen (secondary N) is 1. The Labute approximate surface area is 146 Å². The van der Waals surface area contributed by atoms with Gasteiger partial charge in [-0.1, -0.05) is 42.5 Å². The zero-order chi connectivity index (χ0) is 16.5. The first-order valence-corrected chi connectivity index (χ1v) is 9.59. The maximum Gasteiger partial charge on any atom is 0.252 e. The molecule has 0 saturated heterocycles. The number of benzene rings is 2. The van der Waals surface area contributed by atoms with Crippen LogP contribution in [0, 0.1) is 0 Å². The standard InChI is InChI=1S/C18H20N2OS2/c1-14(23-13-16-6-4-3-5-7-16)18(21)20-19-12-15-8-10-17(22-2)11-9-15/h3-12,14H,13H2,1-2H3,(H,20,21)/b19-12+. The van der Waals surface area contributed by atoms with Gasteiger partial charge in [0.15, 0.2) is 0 Å². The summed E-state index contributed by atoms with van der Waals surface area (Å²) in [6.45, 7) is 1.89. The largest absolute Gasteiger partial charge is 0.272 e. The van der Waals surface area contributed by atoms with Crippen molar-refractivity contribution in [1.29, 1.82) is 0 Å². The van der Waals surface area contributed by atoms with Gasteiger partial charge in [-0.2, -0.15) is 5.10 Å². The van der Waals surface area contributed by atoms with Crippen molar-refractivity contribution in [3.05, 3.63) is 65.7 Å². The van der Waals surface area contributed by atoms with Crippen LogP contribution in [0.15, 0.2) is 64.6 Å². The molecule has 120 valence electrons. The Bertz CT molecular complexity index is 642. The van der Waals surface area contributed by atoms with Gasteiger partial charge in [0.25, 0.3) is 5.91 Å². The normalized spacial score (nSPS) is 12.3. The van der Waals surface area contributed by atoms with E-state index in [1.54, 1.807) is 29.7 Å². The lowest BCUT2D eigenvalue weighted by atomic mass is 10.2. The summed E-state index contributed by atoms with van der Waals surface area (Å²) < 4.78 is 0. The topological polar surface area (TPSA) is 41.5 Å². The van der Waals surface area contributed by atoms with Crippen LogP contribution in [-0.2, 0) is 10.5 Å². The van der Waals surface area contributed by atoms with E-state index in [1.807, 2.05) is 55.6 Å². The summed E-state index contributed by atoms with van der Waals surface area (Å²) in [5, 5.41) is 3.88. The van der Waals surface area contributed by atoms with Crippen LogP contribution in [0.3, 0.4) is 0 Å². The molecule has 1 atom stereocenters. The summed E-state index contributed by atoms with van der Waals surface area (Å²) in [7, 11) is 0. The Morgan fingerprint density at radius 3 is 2.52 bits per heavy atom. The molecule has 1 amide bonds.